The van der Waals surface area contributed by atoms with Gasteiger partial charge in [-0.25, -0.2) is 9.18 Å². The topological polar surface area (TPSA) is 59.4 Å². The maximum Gasteiger partial charge on any atom is 0.356 e. The van der Waals surface area contributed by atoms with Gasteiger partial charge in [0.2, 0.25) is 0 Å². The lowest BCUT2D eigenvalue weighted by molar-refractivity contribution is 0.0694. The van der Waals surface area contributed by atoms with Crippen molar-refractivity contribution in [1.82, 2.24) is 4.37 Å². The number of nitrogens with zero attached hydrogens (tertiary/aromatic N) is 1. The second kappa shape index (κ2) is 3.47. The Kier molecular flexibility index (Phi) is 2.28. The van der Waals surface area contributed by atoms with Gasteiger partial charge in [-0.15, -0.1) is 0 Å². The lowest BCUT2D eigenvalue weighted by atomic mass is 10.2. The first-order valence-corrected chi connectivity index (χ1v) is 4.77. The molecule has 6 heteroatoms. The highest BCUT2D eigenvalue weighted by Gasteiger charge is 2.17. The van der Waals surface area contributed by atoms with E-state index in [1.165, 1.54) is 19.2 Å². The van der Waals surface area contributed by atoms with E-state index in [0.29, 0.717) is 5.39 Å². The molecular formula is C9H6FNO3S. The summed E-state index contributed by atoms with van der Waals surface area (Å²) in [5.41, 5.74) is -0.128. The Balaban J connectivity index is 2.76. The standard InChI is InChI=1S/C9H6FNO3S/c1-14-5-3-2-4-7(9(12)13)11-15-8(4)6(5)10/h2-3H,1H3,(H,12,13). The Bertz CT molecular complexity index is 537. The Morgan fingerprint density at radius 1 is 1.60 bits per heavy atom. The van der Waals surface area contributed by atoms with Crippen LogP contribution in [-0.4, -0.2) is 22.6 Å². The molecule has 1 aromatic carbocycles. The number of carboxylic acid groups (broad SMARTS) is 1. The van der Waals surface area contributed by atoms with E-state index in [0.717, 1.165) is 11.5 Å². The first kappa shape index (κ1) is 9.85. The van der Waals surface area contributed by atoms with Gasteiger partial charge in [0.05, 0.1) is 11.8 Å². The van der Waals surface area contributed by atoms with E-state index >= 15 is 0 Å². The minimum atomic E-state index is -1.16. The van der Waals surface area contributed by atoms with E-state index in [4.69, 9.17) is 9.84 Å². The number of carboxylic acids is 1. The van der Waals surface area contributed by atoms with Gasteiger partial charge in [-0.1, -0.05) is 0 Å². The fourth-order valence-corrected chi connectivity index (χ4v) is 2.07. The maximum absolute atomic E-state index is 13.6. The molecule has 0 saturated carbocycles. The first-order chi connectivity index (χ1) is 7.15. The molecule has 15 heavy (non-hydrogen) atoms. The average molecular weight is 227 g/mol. The monoisotopic (exact) mass is 227 g/mol. The molecule has 0 fully saturated rings. The van der Waals surface area contributed by atoms with E-state index in [1.54, 1.807) is 0 Å². The van der Waals surface area contributed by atoms with Gasteiger partial charge in [0.1, 0.15) is 0 Å². The zero-order chi connectivity index (χ0) is 11.0. The molecule has 0 saturated heterocycles. The molecule has 0 aliphatic carbocycles. The number of ether oxygens (including phenoxy) is 1. The molecule has 1 N–H and O–H groups in total. The van der Waals surface area contributed by atoms with Crippen LogP contribution in [0.3, 0.4) is 0 Å². The highest BCUT2D eigenvalue weighted by Crippen LogP contribution is 2.31. The van der Waals surface area contributed by atoms with Crippen molar-refractivity contribution in [1.29, 1.82) is 0 Å². The van der Waals surface area contributed by atoms with Crippen molar-refractivity contribution >= 4 is 27.6 Å². The number of hydrogen-bond acceptors (Lipinski definition) is 4. The Morgan fingerprint density at radius 2 is 2.33 bits per heavy atom. The normalized spacial score (nSPS) is 10.5. The molecule has 0 atom stereocenters. The number of fused-ring (bicyclic) bond motifs is 1. The van der Waals surface area contributed by atoms with Crippen LogP contribution in [-0.2, 0) is 0 Å². The van der Waals surface area contributed by atoms with Crippen molar-refractivity contribution in [3.05, 3.63) is 23.6 Å². The quantitative estimate of drug-likeness (QED) is 0.853. The van der Waals surface area contributed by atoms with Crippen LogP contribution in [0.15, 0.2) is 12.1 Å². The van der Waals surface area contributed by atoms with Gasteiger partial charge in [0.25, 0.3) is 0 Å². The molecule has 1 heterocycles. The molecule has 0 aliphatic rings. The second-order valence-electron chi connectivity index (χ2n) is 2.79. The Hall–Kier alpha value is -1.69. The van der Waals surface area contributed by atoms with Crippen LogP contribution in [0.1, 0.15) is 10.5 Å². The number of benzene rings is 1. The number of methoxy groups -OCH3 is 1. The predicted molar refractivity (Wildman–Crippen MR) is 53.1 cm³/mol. The lowest BCUT2D eigenvalue weighted by Crippen LogP contribution is -1.96. The molecule has 4 nitrogen and oxygen atoms in total. The van der Waals surface area contributed by atoms with Gasteiger partial charge in [0.15, 0.2) is 17.3 Å². The van der Waals surface area contributed by atoms with Crippen LogP contribution in [0.2, 0.25) is 0 Å². The molecule has 2 rings (SSSR count). The molecule has 0 spiro atoms. The number of aromatic nitrogens is 1. The van der Waals surface area contributed by atoms with E-state index in [9.17, 15) is 9.18 Å². The number of carbonyl (C=O) groups is 1. The minimum Gasteiger partial charge on any atom is -0.494 e. The summed E-state index contributed by atoms with van der Waals surface area (Å²) < 4.78 is 22.3. The van der Waals surface area contributed by atoms with Crippen LogP contribution >= 0.6 is 11.5 Å². The second-order valence-corrected chi connectivity index (χ2v) is 3.57. The molecule has 0 unspecified atom stereocenters. The molecular weight excluding hydrogens is 221 g/mol. The first-order valence-electron chi connectivity index (χ1n) is 4.00. The summed E-state index contributed by atoms with van der Waals surface area (Å²) >= 11 is 0.813. The summed E-state index contributed by atoms with van der Waals surface area (Å²) in [6.45, 7) is 0. The predicted octanol–water partition coefficient (Wildman–Crippen LogP) is 2.14. The van der Waals surface area contributed by atoms with Crippen molar-refractivity contribution in [3.8, 4) is 5.75 Å². The number of rotatable bonds is 2. The Morgan fingerprint density at radius 3 is 2.93 bits per heavy atom. The SMILES string of the molecule is COc1ccc2c(C(=O)O)nsc2c1F. The van der Waals surface area contributed by atoms with Crippen LogP contribution in [0.25, 0.3) is 10.1 Å². The third-order valence-corrected chi connectivity index (χ3v) is 2.82. The number of halogens is 1. The van der Waals surface area contributed by atoms with Gasteiger partial charge in [-0.05, 0) is 23.7 Å². The fraction of sp³-hybridized carbons (Fsp3) is 0.111. The van der Waals surface area contributed by atoms with Crippen molar-refractivity contribution < 1.29 is 19.0 Å². The summed E-state index contributed by atoms with van der Waals surface area (Å²) in [4.78, 5) is 10.7. The van der Waals surface area contributed by atoms with Crippen molar-refractivity contribution in [2.75, 3.05) is 7.11 Å². The minimum absolute atomic E-state index is 0.0862. The van der Waals surface area contributed by atoms with E-state index < -0.39 is 11.8 Å². The van der Waals surface area contributed by atoms with E-state index in [2.05, 4.69) is 4.37 Å². The third-order valence-electron chi connectivity index (χ3n) is 1.97. The lowest BCUT2D eigenvalue weighted by Gasteiger charge is -2.00. The van der Waals surface area contributed by atoms with Gasteiger partial charge < -0.3 is 9.84 Å². The van der Waals surface area contributed by atoms with Gasteiger partial charge in [-0.3, -0.25) is 0 Å². The number of aromatic carboxylic acids is 1. The Labute approximate surface area is 88.1 Å². The molecule has 1 aromatic heterocycles. The average Bonchev–Trinajstić information content (AvgIpc) is 2.62. The molecule has 2 aromatic rings. The summed E-state index contributed by atoms with van der Waals surface area (Å²) in [5, 5.41) is 9.08. The van der Waals surface area contributed by atoms with Crippen molar-refractivity contribution in [2.45, 2.75) is 0 Å². The summed E-state index contributed by atoms with van der Waals surface area (Å²) in [7, 11) is 1.35. The van der Waals surface area contributed by atoms with Crippen LogP contribution < -0.4 is 4.74 Å². The zero-order valence-corrected chi connectivity index (χ0v) is 8.47. The van der Waals surface area contributed by atoms with Crippen LogP contribution in [0.4, 0.5) is 4.39 Å². The fourth-order valence-electron chi connectivity index (χ4n) is 1.27. The summed E-state index contributed by atoms with van der Waals surface area (Å²) in [6, 6.07) is 2.88. The smallest absolute Gasteiger partial charge is 0.356 e. The van der Waals surface area contributed by atoms with Gasteiger partial charge >= 0.3 is 5.97 Å². The molecule has 0 bridgehead atoms. The van der Waals surface area contributed by atoms with Crippen LogP contribution in [0.5, 0.6) is 5.75 Å². The van der Waals surface area contributed by atoms with Gasteiger partial charge in [-0.2, -0.15) is 4.37 Å². The molecule has 0 aliphatic heterocycles. The van der Waals surface area contributed by atoms with Crippen LogP contribution in [0, 0.1) is 5.82 Å². The highest BCUT2D eigenvalue weighted by molar-refractivity contribution is 7.13. The number of hydrogen-bond donors (Lipinski definition) is 1. The van der Waals surface area contributed by atoms with Gasteiger partial charge in [0, 0.05) is 5.39 Å². The maximum atomic E-state index is 13.6. The third kappa shape index (κ3) is 1.42. The summed E-state index contributed by atoms with van der Waals surface area (Å²) in [6.07, 6.45) is 0. The highest BCUT2D eigenvalue weighted by atomic mass is 32.1. The molecule has 0 radical (unpaired) electrons. The van der Waals surface area contributed by atoms with E-state index in [1.807, 2.05) is 0 Å². The summed E-state index contributed by atoms with van der Waals surface area (Å²) in [5.74, 6) is -1.64. The van der Waals surface area contributed by atoms with E-state index in [-0.39, 0.29) is 16.1 Å². The van der Waals surface area contributed by atoms with Crippen molar-refractivity contribution in [2.24, 2.45) is 0 Å². The zero-order valence-electron chi connectivity index (χ0n) is 7.65. The van der Waals surface area contributed by atoms with Crippen molar-refractivity contribution in [3.63, 3.8) is 0 Å². The molecule has 78 valence electrons. The largest absolute Gasteiger partial charge is 0.494 e. The molecule has 0 amide bonds.